The van der Waals surface area contributed by atoms with E-state index in [2.05, 4.69) is 43.1 Å². The first-order valence-corrected chi connectivity index (χ1v) is 6.74. The molecular weight excluding hydrogens is 228 g/mol. The molecule has 1 aromatic carbocycles. The van der Waals surface area contributed by atoms with Gasteiger partial charge in [-0.1, -0.05) is 38.1 Å². The minimum atomic E-state index is 0.573. The second-order valence-corrected chi connectivity index (χ2v) is 5.75. The van der Waals surface area contributed by atoms with E-state index in [9.17, 15) is 0 Å². The molecule has 3 heteroatoms. The van der Waals surface area contributed by atoms with E-state index in [0.717, 1.165) is 16.3 Å². The Hall–Kier alpha value is -1.19. The molecule has 0 aliphatic carbocycles. The minimum absolute atomic E-state index is 0.573. The lowest BCUT2D eigenvalue weighted by molar-refractivity contribution is 0.647. The molecule has 2 aromatic rings. The van der Waals surface area contributed by atoms with Gasteiger partial charge in [0.2, 0.25) is 0 Å². The summed E-state index contributed by atoms with van der Waals surface area (Å²) in [5, 5.41) is 1.06. The Bertz CT molecular complexity index is 471. The zero-order valence-electron chi connectivity index (χ0n) is 10.3. The molecule has 0 saturated carbocycles. The van der Waals surface area contributed by atoms with Crippen molar-refractivity contribution in [2.24, 2.45) is 11.7 Å². The van der Waals surface area contributed by atoms with Gasteiger partial charge in [0.05, 0.1) is 0 Å². The van der Waals surface area contributed by atoms with Crippen LogP contribution in [0.3, 0.4) is 0 Å². The summed E-state index contributed by atoms with van der Waals surface area (Å²) in [7, 11) is 0. The number of rotatable bonds is 4. The van der Waals surface area contributed by atoms with Gasteiger partial charge in [-0.2, -0.15) is 0 Å². The highest BCUT2D eigenvalue weighted by Crippen LogP contribution is 2.25. The van der Waals surface area contributed by atoms with Gasteiger partial charge < -0.3 is 5.73 Å². The Morgan fingerprint density at radius 3 is 2.47 bits per heavy atom. The van der Waals surface area contributed by atoms with Gasteiger partial charge in [-0.15, -0.1) is 11.3 Å². The van der Waals surface area contributed by atoms with Crippen LogP contribution < -0.4 is 5.73 Å². The summed E-state index contributed by atoms with van der Waals surface area (Å²) in [6.07, 6.45) is 2.99. The molecule has 2 N–H and O–H groups in total. The Balaban J connectivity index is 2.17. The predicted octanol–water partition coefficient (Wildman–Crippen LogP) is 3.47. The van der Waals surface area contributed by atoms with Crippen LogP contribution in [0.4, 0.5) is 0 Å². The first-order valence-electron chi connectivity index (χ1n) is 5.93. The summed E-state index contributed by atoms with van der Waals surface area (Å²) in [5.41, 5.74) is 8.16. The molecule has 0 spiro atoms. The molecule has 0 atom stereocenters. The van der Waals surface area contributed by atoms with Crippen LogP contribution in [0.1, 0.15) is 24.3 Å². The van der Waals surface area contributed by atoms with Crippen molar-refractivity contribution in [2.45, 2.75) is 26.8 Å². The summed E-state index contributed by atoms with van der Waals surface area (Å²) in [6.45, 7) is 5.05. The van der Waals surface area contributed by atoms with Crippen molar-refractivity contribution in [2.75, 3.05) is 0 Å². The van der Waals surface area contributed by atoms with Gasteiger partial charge in [-0.25, -0.2) is 4.98 Å². The quantitative estimate of drug-likeness (QED) is 0.897. The first-order chi connectivity index (χ1) is 8.19. The fourth-order valence-electron chi connectivity index (χ4n) is 1.79. The highest BCUT2D eigenvalue weighted by Gasteiger charge is 2.04. The van der Waals surface area contributed by atoms with E-state index in [0.29, 0.717) is 12.5 Å². The van der Waals surface area contributed by atoms with E-state index in [4.69, 9.17) is 5.73 Å². The Labute approximate surface area is 107 Å². The van der Waals surface area contributed by atoms with Gasteiger partial charge in [0.1, 0.15) is 5.01 Å². The average Bonchev–Trinajstić information content (AvgIpc) is 2.78. The van der Waals surface area contributed by atoms with Crippen LogP contribution >= 0.6 is 11.3 Å². The van der Waals surface area contributed by atoms with E-state index in [1.165, 1.54) is 11.1 Å². The number of benzene rings is 1. The van der Waals surface area contributed by atoms with Crippen molar-refractivity contribution in [3.63, 3.8) is 0 Å². The number of hydrogen-bond acceptors (Lipinski definition) is 3. The third kappa shape index (κ3) is 3.14. The van der Waals surface area contributed by atoms with Crippen molar-refractivity contribution in [3.8, 4) is 10.6 Å². The zero-order valence-corrected chi connectivity index (χ0v) is 11.1. The van der Waals surface area contributed by atoms with Gasteiger partial charge in [0.25, 0.3) is 0 Å². The zero-order chi connectivity index (χ0) is 12.3. The normalized spacial score (nSPS) is 11.1. The van der Waals surface area contributed by atoms with Gasteiger partial charge in [-0.3, -0.25) is 0 Å². The number of nitrogens with two attached hydrogens (primary N) is 1. The maximum Gasteiger partial charge on any atom is 0.123 e. The van der Waals surface area contributed by atoms with Gasteiger partial charge in [0.15, 0.2) is 0 Å². The fourth-order valence-corrected chi connectivity index (χ4v) is 2.59. The van der Waals surface area contributed by atoms with E-state index in [-0.39, 0.29) is 0 Å². The third-order valence-electron chi connectivity index (χ3n) is 2.60. The molecule has 0 radical (unpaired) electrons. The van der Waals surface area contributed by atoms with E-state index in [1.807, 2.05) is 6.20 Å². The topological polar surface area (TPSA) is 38.9 Å². The highest BCUT2D eigenvalue weighted by atomic mass is 32.1. The number of hydrogen-bond donors (Lipinski definition) is 1. The summed E-state index contributed by atoms with van der Waals surface area (Å²) in [6, 6.07) is 8.69. The van der Waals surface area contributed by atoms with Crippen molar-refractivity contribution >= 4 is 11.3 Å². The molecule has 0 amide bonds. The molecule has 1 aromatic heterocycles. The van der Waals surface area contributed by atoms with Crippen LogP contribution in [0.15, 0.2) is 30.5 Å². The van der Waals surface area contributed by atoms with Gasteiger partial charge >= 0.3 is 0 Å². The van der Waals surface area contributed by atoms with Crippen molar-refractivity contribution in [3.05, 3.63) is 40.9 Å². The SMILES string of the molecule is CC(C)Cc1ccc(-c2ncc(CN)s2)cc1. The number of aromatic nitrogens is 1. The second kappa shape index (κ2) is 5.43. The predicted molar refractivity (Wildman–Crippen MR) is 74.0 cm³/mol. The van der Waals surface area contributed by atoms with Crippen LogP contribution in [-0.4, -0.2) is 4.98 Å². The number of thiazole rings is 1. The molecule has 0 saturated heterocycles. The summed E-state index contributed by atoms with van der Waals surface area (Å²) < 4.78 is 0. The Kier molecular flexibility index (Phi) is 3.92. The average molecular weight is 246 g/mol. The molecule has 2 nitrogen and oxygen atoms in total. The molecule has 17 heavy (non-hydrogen) atoms. The molecule has 90 valence electrons. The second-order valence-electron chi connectivity index (χ2n) is 4.63. The molecule has 2 rings (SSSR count). The van der Waals surface area contributed by atoms with E-state index < -0.39 is 0 Å². The Morgan fingerprint density at radius 2 is 1.94 bits per heavy atom. The molecular formula is C14H18N2S. The summed E-state index contributed by atoms with van der Waals surface area (Å²) in [4.78, 5) is 5.52. The molecule has 1 heterocycles. The van der Waals surface area contributed by atoms with Gasteiger partial charge in [0, 0.05) is 23.2 Å². The fraction of sp³-hybridized carbons (Fsp3) is 0.357. The van der Waals surface area contributed by atoms with Crippen molar-refractivity contribution in [1.82, 2.24) is 4.98 Å². The van der Waals surface area contributed by atoms with Crippen molar-refractivity contribution < 1.29 is 0 Å². The highest BCUT2D eigenvalue weighted by molar-refractivity contribution is 7.15. The van der Waals surface area contributed by atoms with Crippen LogP contribution in [0.5, 0.6) is 0 Å². The summed E-state index contributed by atoms with van der Waals surface area (Å²) >= 11 is 1.67. The minimum Gasteiger partial charge on any atom is -0.326 e. The van der Waals surface area contributed by atoms with Crippen molar-refractivity contribution in [1.29, 1.82) is 0 Å². The first kappa shape index (κ1) is 12.3. The van der Waals surface area contributed by atoms with Crippen LogP contribution in [-0.2, 0) is 13.0 Å². The summed E-state index contributed by atoms with van der Waals surface area (Å²) in [5.74, 6) is 0.699. The van der Waals surface area contributed by atoms with E-state index in [1.54, 1.807) is 11.3 Å². The largest absolute Gasteiger partial charge is 0.326 e. The molecule has 0 bridgehead atoms. The van der Waals surface area contributed by atoms with E-state index >= 15 is 0 Å². The van der Waals surface area contributed by atoms with Crippen LogP contribution in [0.25, 0.3) is 10.6 Å². The lowest BCUT2D eigenvalue weighted by Crippen LogP contribution is -1.93. The monoisotopic (exact) mass is 246 g/mol. The third-order valence-corrected chi connectivity index (χ3v) is 3.67. The van der Waals surface area contributed by atoms with Crippen LogP contribution in [0, 0.1) is 5.92 Å². The molecule has 0 aliphatic heterocycles. The van der Waals surface area contributed by atoms with Gasteiger partial charge in [-0.05, 0) is 17.9 Å². The lowest BCUT2D eigenvalue weighted by atomic mass is 10.0. The number of nitrogens with zero attached hydrogens (tertiary/aromatic N) is 1. The standard InChI is InChI=1S/C14H18N2S/c1-10(2)7-11-3-5-12(6-4-11)14-16-9-13(8-15)17-14/h3-6,9-10H,7-8,15H2,1-2H3. The molecule has 0 unspecified atom stereocenters. The van der Waals surface area contributed by atoms with Crippen LogP contribution in [0.2, 0.25) is 0 Å². The molecule has 0 fully saturated rings. The molecule has 0 aliphatic rings. The maximum absolute atomic E-state index is 5.59. The maximum atomic E-state index is 5.59. The smallest absolute Gasteiger partial charge is 0.123 e. The Morgan fingerprint density at radius 1 is 1.24 bits per heavy atom. The lowest BCUT2D eigenvalue weighted by Gasteiger charge is -2.05.